The van der Waals surface area contributed by atoms with Crippen molar-refractivity contribution in [2.75, 3.05) is 6.61 Å². The highest BCUT2D eigenvalue weighted by molar-refractivity contribution is 5.94. The fourth-order valence-corrected chi connectivity index (χ4v) is 1.37. The average molecular weight is 276 g/mol. The summed E-state index contributed by atoms with van der Waals surface area (Å²) in [6, 6.07) is 1.35. The molecule has 2 N–H and O–H groups in total. The minimum atomic E-state index is -4.53. The standard InChI is InChI=1S/C12H15F3N2O2/c1-7(2)9(6-18)17-11(19)8-3-4-10(16-5-8)12(13,14)15/h3-5,7,9,18H,6H2,1-2H3,(H,17,19)/t9-/m1/s1. The summed E-state index contributed by atoms with van der Waals surface area (Å²) in [4.78, 5) is 14.9. The van der Waals surface area contributed by atoms with Crippen LogP contribution < -0.4 is 5.32 Å². The zero-order valence-electron chi connectivity index (χ0n) is 10.5. The van der Waals surface area contributed by atoms with E-state index in [9.17, 15) is 18.0 Å². The van der Waals surface area contributed by atoms with Gasteiger partial charge in [-0.05, 0) is 18.1 Å². The largest absolute Gasteiger partial charge is 0.433 e. The summed E-state index contributed by atoms with van der Waals surface area (Å²) in [5.41, 5.74) is -1.03. The maximum Gasteiger partial charge on any atom is 0.433 e. The van der Waals surface area contributed by atoms with E-state index in [0.29, 0.717) is 0 Å². The number of carbonyl (C=O) groups excluding carboxylic acids is 1. The van der Waals surface area contributed by atoms with Gasteiger partial charge in [0.1, 0.15) is 5.69 Å². The second-order valence-corrected chi connectivity index (χ2v) is 4.44. The van der Waals surface area contributed by atoms with Crippen LogP contribution >= 0.6 is 0 Å². The van der Waals surface area contributed by atoms with Crippen molar-refractivity contribution in [1.29, 1.82) is 0 Å². The molecule has 0 unspecified atom stereocenters. The van der Waals surface area contributed by atoms with Crippen molar-refractivity contribution in [2.45, 2.75) is 26.1 Å². The van der Waals surface area contributed by atoms with Gasteiger partial charge in [0, 0.05) is 6.20 Å². The van der Waals surface area contributed by atoms with E-state index in [-0.39, 0.29) is 18.1 Å². The smallest absolute Gasteiger partial charge is 0.394 e. The summed E-state index contributed by atoms with van der Waals surface area (Å²) < 4.78 is 36.9. The molecule has 0 fully saturated rings. The maximum absolute atomic E-state index is 12.3. The summed E-state index contributed by atoms with van der Waals surface area (Å²) >= 11 is 0. The topological polar surface area (TPSA) is 62.2 Å². The molecule has 1 rings (SSSR count). The third kappa shape index (κ3) is 4.20. The van der Waals surface area contributed by atoms with Gasteiger partial charge >= 0.3 is 6.18 Å². The Morgan fingerprint density at radius 3 is 2.42 bits per heavy atom. The van der Waals surface area contributed by atoms with Gasteiger partial charge in [-0.1, -0.05) is 13.8 Å². The van der Waals surface area contributed by atoms with Gasteiger partial charge in [0.2, 0.25) is 0 Å². The van der Waals surface area contributed by atoms with Crippen molar-refractivity contribution in [1.82, 2.24) is 10.3 Å². The molecule has 7 heteroatoms. The predicted octanol–water partition coefficient (Wildman–Crippen LogP) is 1.85. The van der Waals surface area contributed by atoms with Crippen molar-refractivity contribution < 1.29 is 23.1 Å². The molecular weight excluding hydrogens is 261 g/mol. The summed E-state index contributed by atoms with van der Waals surface area (Å²) in [6.07, 6.45) is -3.66. The lowest BCUT2D eigenvalue weighted by molar-refractivity contribution is -0.141. The monoisotopic (exact) mass is 276 g/mol. The number of hydrogen-bond donors (Lipinski definition) is 2. The lowest BCUT2D eigenvalue weighted by atomic mass is 10.1. The highest BCUT2D eigenvalue weighted by Crippen LogP contribution is 2.27. The number of aromatic nitrogens is 1. The van der Waals surface area contributed by atoms with E-state index < -0.39 is 23.8 Å². The number of carbonyl (C=O) groups is 1. The van der Waals surface area contributed by atoms with Crippen molar-refractivity contribution in [3.63, 3.8) is 0 Å². The predicted molar refractivity (Wildman–Crippen MR) is 62.4 cm³/mol. The Balaban J connectivity index is 2.78. The van der Waals surface area contributed by atoms with Gasteiger partial charge in [0.15, 0.2) is 0 Å². The normalized spacial score (nSPS) is 13.4. The molecule has 0 radical (unpaired) electrons. The Morgan fingerprint density at radius 1 is 1.42 bits per heavy atom. The van der Waals surface area contributed by atoms with Gasteiger partial charge in [-0.25, -0.2) is 0 Å². The van der Waals surface area contributed by atoms with Gasteiger partial charge in [0.05, 0.1) is 18.2 Å². The van der Waals surface area contributed by atoms with Gasteiger partial charge < -0.3 is 10.4 Å². The van der Waals surface area contributed by atoms with Crippen molar-refractivity contribution in [2.24, 2.45) is 5.92 Å². The molecule has 0 spiro atoms. The third-order valence-electron chi connectivity index (χ3n) is 2.63. The number of nitrogens with zero attached hydrogens (tertiary/aromatic N) is 1. The molecule has 1 aromatic rings. The Bertz CT molecular complexity index is 430. The molecule has 1 amide bonds. The van der Waals surface area contributed by atoms with Crippen molar-refractivity contribution in [3.8, 4) is 0 Å². The number of amides is 1. The van der Waals surface area contributed by atoms with E-state index in [1.165, 1.54) is 0 Å². The summed E-state index contributed by atoms with van der Waals surface area (Å²) in [5, 5.41) is 11.6. The maximum atomic E-state index is 12.3. The molecule has 4 nitrogen and oxygen atoms in total. The zero-order valence-corrected chi connectivity index (χ0v) is 10.5. The minimum Gasteiger partial charge on any atom is -0.394 e. The molecule has 1 aromatic heterocycles. The molecule has 1 atom stereocenters. The number of alkyl halides is 3. The Hall–Kier alpha value is -1.63. The van der Waals surface area contributed by atoms with E-state index in [0.717, 1.165) is 18.3 Å². The molecule has 1 heterocycles. The first kappa shape index (κ1) is 15.4. The van der Waals surface area contributed by atoms with Gasteiger partial charge in [-0.15, -0.1) is 0 Å². The molecule has 0 bridgehead atoms. The summed E-state index contributed by atoms with van der Waals surface area (Å²) in [7, 11) is 0. The highest BCUT2D eigenvalue weighted by atomic mass is 19.4. The lowest BCUT2D eigenvalue weighted by Crippen LogP contribution is -2.41. The number of pyridine rings is 1. The molecule has 0 aliphatic carbocycles. The number of halogens is 3. The first-order valence-electron chi connectivity index (χ1n) is 5.70. The zero-order chi connectivity index (χ0) is 14.6. The summed E-state index contributed by atoms with van der Waals surface area (Å²) in [5.74, 6) is -0.551. The SMILES string of the molecule is CC(C)[C@@H](CO)NC(=O)c1ccc(C(F)(F)F)nc1. The fourth-order valence-electron chi connectivity index (χ4n) is 1.37. The van der Waals surface area contributed by atoms with E-state index in [2.05, 4.69) is 10.3 Å². The third-order valence-corrected chi connectivity index (χ3v) is 2.63. The van der Waals surface area contributed by atoms with Crippen molar-refractivity contribution >= 4 is 5.91 Å². The second kappa shape index (κ2) is 6.01. The molecule has 0 aromatic carbocycles. The number of hydrogen-bond acceptors (Lipinski definition) is 3. The van der Waals surface area contributed by atoms with Crippen LogP contribution in [0, 0.1) is 5.92 Å². The molecule has 106 valence electrons. The fraction of sp³-hybridized carbons (Fsp3) is 0.500. The molecule has 0 saturated heterocycles. The molecule has 0 aliphatic rings. The molecule has 0 saturated carbocycles. The van der Waals surface area contributed by atoms with E-state index in [4.69, 9.17) is 5.11 Å². The molecule has 19 heavy (non-hydrogen) atoms. The average Bonchev–Trinajstić information content (AvgIpc) is 2.34. The van der Waals surface area contributed by atoms with Crippen LogP contribution in [0.25, 0.3) is 0 Å². The minimum absolute atomic E-state index is 0.0105. The number of nitrogens with one attached hydrogen (secondary N) is 1. The van der Waals surface area contributed by atoms with Gasteiger partial charge in [0.25, 0.3) is 5.91 Å². The van der Waals surface area contributed by atoms with Gasteiger partial charge in [-0.2, -0.15) is 13.2 Å². The van der Waals surface area contributed by atoms with Crippen LogP contribution in [0.2, 0.25) is 0 Å². The number of aliphatic hydroxyl groups is 1. The Morgan fingerprint density at radius 2 is 2.05 bits per heavy atom. The van der Waals surface area contributed by atoms with Crippen LogP contribution in [0.5, 0.6) is 0 Å². The quantitative estimate of drug-likeness (QED) is 0.882. The van der Waals surface area contributed by atoms with Crippen LogP contribution in [0.4, 0.5) is 13.2 Å². The first-order valence-corrected chi connectivity index (χ1v) is 5.70. The second-order valence-electron chi connectivity index (χ2n) is 4.44. The van der Waals surface area contributed by atoms with Crippen LogP contribution in [-0.4, -0.2) is 28.6 Å². The Labute approximate surface area is 108 Å². The van der Waals surface area contributed by atoms with Crippen LogP contribution in [-0.2, 0) is 6.18 Å². The lowest BCUT2D eigenvalue weighted by Gasteiger charge is -2.19. The molecular formula is C12H15F3N2O2. The van der Waals surface area contributed by atoms with E-state index in [1.54, 1.807) is 0 Å². The van der Waals surface area contributed by atoms with Crippen LogP contribution in [0.1, 0.15) is 29.9 Å². The van der Waals surface area contributed by atoms with Crippen molar-refractivity contribution in [3.05, 3.63) is 29.6 Å². The molecule has 0 aliphatic heterocycles. The van der Waals surface area contributed by atoms with E-state index in [1.807, 2.05) is 13.8 Å². The van der Waals surface area contributed by atoms with Crippen LogP contribution in [0.15, 0.2) is 18.3 Å². The number of rotatable bonds is 4. The Kier molecular flexibility index (Phi) is 4.88. The van der Waals surface area contributed by atoms with Crippen LogP contribution in [0.3, 0.4) is 0 Å². The van der Waals surface area contributed by atoms with Gasteiger partial charge in [-0.3, -0.25) is 9.78 Å². The highest BCUT2D eigenvalue weighted by Gasteiger charge is 2.32. The number of aliphatic hydroxyl groups excluding tert-OH is 1. The first-order chi connectivity index (χ1) is 8.75. The summed E-state index contributed by atoms with van der Waals surface area (Å²) in [6.45, 7) is 3.38. The van der Waals surface area contributed by atoms with E-state index >= 15 is 0 Å².